The van der Waals surface area contributed by atoms with Gasteiger partial charge < -0.3 is 19.3 Å². The lowest BCUT2D eigenvalue weighted by molar-refractivity contribution is -0.118. The Kier molecular flexibility index (Phi) is 8.32. The van der Waals surface area contributed by atoms with Crippen molar-refractivity contribution in [2.75, 3.05) is 24.0 Å². The van der Waals surface area contributed by atoms with Crippen molar-refractivity contribution in [2.24, 2.45) is 0 Å². The number of halogens is 1. The molecule has 2 atom stereocenters. The standard InChI is InChI=1S/C34H35ClN2O3/c1-5-23(2)40-32-21-30-26(19-31(32)39-4)20-33(38)37(34(30)25-11-13-27(35)14-12-25)29-17-15-28(16-18-29)36(3)22-24-9-7-6-8-10-24/h6-19,21,23,34H,5,20,22H2,1-4H3/t23-,34?/m1/s1. The average molecular weight is 555 g/mol. The van der Waals surface area contributed by atoms with Crippen LogP contribution in [0.25, 0.3) is 0 Å². The minimum atomic E-state index is -0.341. The molecule has 0 spiro atoms. The van der Waals surface area contributed by atoms with Crippen LogP contribution >= 0.6 is 11.6 Å². The summed E-state index contributed by atoms with van der Waals surface area (Å²) in [5.41, 5.74) is 6.09. The van der Waals surface area contributed by atoms with Crippen LogP contribution in [0, 0.1) is 0 Å². The van der Waals surface area contributed by atoms with Crippen LogP contribution in [0.15, 0.2) is 91.0 Å². The Bertz CT molecular complexity index is 1460. The van der Waals surface area contributed by atoms with E-state index in [1.165, 1.54) is 5.56 Å². The summed E-state index contributed by atoms with van der Waals surface area (Å²) in [4.78, 5) is 17.9. The van der Waals surface area contributed by atoms with Crippen molar-refractivity contribution in [1.82, 2.24) is 0 Å². The van der Waals surface area contributed by atoms with Gasteiger partial charge in [0.15, 0.2) is 11.5 Å². The molecule has 0 N–H and O–H groups in total. The first-order valence-corrected chi connectivity index (χ1v) is 14.1. The summed E-state index contributed by atoms with van der Waals surface area (Å²) in [6, 6.07) is 30.0. The highest BCUT2D eigenvalue weighted by atomic mass is 35.5. The van der Waals surface area contributed by atoms with Gasteiger partial charge in [0.1, 0.15) is 0 Å². The van der Waals surface area contributed by atoms with Gasteiger partial charge in [-0.05, 0) is 84.1 Å². The number of methoxy groups -OCH3 is 1. The Balaban J connectivity index is 1.54. The lowest BCUT2D eigenvalue weighted by Crippen LogP contribution is -2.41. The zero-order chi connectivity index (χ0) is 28.2. The normalized spacial score (nSPS) is 15.4. The number of hydrogen-bond acceptors (Lipinski definition) is 4. The Morgan fingerprint density at radius 1 is 0.975 bits per heavy atom. The van der Waals surface area contributed by atoms with E-state index in [1.807, 2.05) is 66.4 Å². The van der Waals surface area contributed by atoms with Crippen LogP contribution in [0.4, 0.5) is 11.4 Å². The van der Waals surface area contributed by atoms with Crippen molar-refractivity contribution in [3.8, 4) is 11.5 Å². The molecule has 6 heteroatoms. The molecule has 1 amide bonds. The van der Waals surface area contributed by atoms with E-state index in [0.717, 1.165) is 41.0 Å². The summed E-state index contributed by atoms with van der Waals surface area (Å²) in [6.45, 7) is 4.93. The van der Waals surface area contributed by atoms with Crippen LogP contribution in [-0.4, -0.2) is 26.2 Å². The molecule has 1 heterocycles. The number of fused-ring (bicyclic) bond motifs is 1. The van der Waals surface area contributed by atoms with Gasteiger partial charge in [-0.1, -0.05) is 61.0 Å². The molecule has 0 bridgehead atoms. The summed E-state index contributed by atoms with van der Waals surface area (Å²) in [5, 5.41) is 0.652. The molecule has 0 aromatic heterocycles. The summed E-state index contributed by atoms with van der Waals surface area (Å²) < 4.78 is 11.9. The highest BCUT2D eigenvalue weighted by molar-refractivity contribution is 6.30. The van der Waals surface area contributed by atoms with Gasteiger partial charge in [-0.15, -0.1) is 0 Å². The van der Waals surface area contributed by atoms with Crippen molar-refractivity contribution >= 4 is 28.9 Å². The van der Waals surface area contributed by atoms with Gasteiger partial charge in [0.25, 0.3) is 0 Å². The maximum Gasteiger partial charge on any atom is 0.232 e. The molecule has 0 aliphatic carbocycles. The second-order valence-electron chi connectivity index (χ2n) is 10.3. The lowest BCUT2D eigenvalue weighted by atomic mass is 9.86. The van der Waals surface area contributed by atoms with Gasteiger partial charge in [0.2, 0.25) is 5.91 Å². The zero-order valence-electron chi connectivity index (χ0n) is 23.4. The minimum absolute atomic E-state index is 0.0236. The summed E-state index contributed by atoms with van der Waals surface area (Å²) in [7, 11) is 3.71. The molecule has 0 fully saturated rings. The predicted molar refractivity (Wildman–Crippen MR) is 163 cm³/mol. The van der Waals surface area contributed by atoms with E-state index in [1.54, 1.807) is 7.11 Å². The summed E-state index contributed by atoms with van der Waals surface area (Å²) in [6.07, 6.45) is 1.17. The molecular formula is C34H35ClN2O3. The smallest absolute Gasteiger partial charge is 0.232 e. The molecule has 40 heavy (non-hydrogen) atoms. The third kappa shape index (κ3) is 5.80. The van der Waals surface area contributed by atoms with Crippen LogP contribution in [0.2, 0.25) is 5.02 Å². The van der Waals surface area contributed by atoms with E-state index < -0.39 is 0 Å². The molecule has 0 saturated carbocycles. The third-order valence-electron chi connectivity index (χ3n) is 7.51. The topological polar surface area (TPSA) is 42.0 Å². The molecule has 0 saturated heterocycles. The molecular weight excluding hydrogens is 520 g/mol. The molecule has 206 valence electrons. The first-order valence-electron chi connectivity index (χ1n) is 13.7. The van der Waals surface area contributed by atoms with Gasteiger partial charge in [-0.3, -0.25) is 4.79 Å². The van der Waals surface area contributed by atoms with Crippen molar-refractivity contribution in [2.45, 2.75) is 45.4 Å². The SMILES string of the molecule is CC[C@@H](C)Oc1cc2c(cc1OC)CC(=O)N(c1ccc(N(C)Cc3ccccc3)cc1)C2c1ccc(Cl)cc1. The third-order valence-corrected chi connectivity index (χ3v) is 7.76. The molecule has 5 rings (SSSR count). The number of benzene rings is 4. The highest BCUT2D eigenvalue weighted by Crippen LogP contribution is 2.44. The van der Waals surface area contributed by atoms with E-state index >= 15 is 0 Å². The van der Waals surface area contributed by atoms with Gasteiger partial charge in [0.05, 0.1) is 25.7 Å². The second-order valence-corrected chi connectivity index (χ2v) is 10.7. The number of ether oxygens (including phenoxy) is 2. The van der Waals surface area contributed by atoms with E-state index in [2.05, 4.69) is 55.3 Å². The number of hydrogen-bond donors (Lipinski definition) is 0. The summed E-state index contributed by atoms with van der Waals surface area (Å²) in [5.74, 6) is 1.35. The van der Waals surface area contributed by atoms with Crippen LogP contribution in [0.1, 0.15) is 48.6 Å². The average Bonchev–Trinajstić information content (AvgIpc) is 2.97. The monoisotopic (exact) mass is 554 g/mol. The fourth-order valence-electron chi connectivity index (χ4n) is 5.19. The van der Waals surface area contributed by atoms with Gasteiger partial charge in [-0.2, -0.15) is 0 Å². The number of anilines is 2. The Morgan fingerprint density at radius 3 is 2.33 bits per heavy atom. The van der Waals surface area contributed by atoms with Crippen LogP contribution in [0.5, 0.6) is 11.5 Å². The Labute approximate surface area is 241 Å². The Hall–Kier alpha value is -3.96. The maximum absolute atomic E-state index is 13.8. The van der Waals surface area contributed by atoms with Crippen LogP contribution in [-0.2, 0) is 17.8 Å². The number of nitrogens with zero attached hydrogens (tertiary/aromatic N) is 2. The van der Waals surface area contributed by atoms with E-state index in [4.69, 9.17) is 21.1 Å². The van der Waals surface area contributed by atoms with Crippen LogP contribution in [0.3, 0.4) is 0 Å². The van der Waals surface area contributed by atoms with Gasteiger partial charge in [0, 0.05) is 30.0 Å². The van der Waals surface area contributed by atoms with E-state index in [0.29, 0.717) is 16.5 Å². The zero-order valence-corrected chi connectivity index (χ0v) is 24.2. The van der Waals surface area contributed by atoms with Crippen molar-refractivity contribution in [3.63, 3.8) is 0 Å². The number of rotatable bonds is 9. The fraction of sp³-hybridized carbons (Fsp3) is 0.265. The lowest BCUT2D eigenvalue weighted by Gasteiger charge is -2.38. The largest absolute Gasteiger partial charge is 0.493 e. The van der Waals surface area contributed by atoms with Gasteiger partial charge >= 0.3 is 0 Å². The molecule has 0 radical (unpaired) electrons. The summed E-state index contributed by atoms with van der Waals surface area (Å²) >= 11 is 6.25. The Morgan fingerprint density at radius 2 is 1.68 bits per heavy atom. The van der Waals surface area contributed by atoms with E-state index in [9.17, 15) is 4.79 Å². The maximum atomic E-state index is 13.8. The predicted octanol–water partition coefficient (Wildman–Crippen LogP) is 7.84. The quantitative estimate of drug-likeness (QED) is 0.211. The van der Waals surface area contributed by atoms with Gasteiger partial charge in [-0.25, -0.2) is 0 Å². The van der Waals surface area contributed by atoms with Crippen molar-refractivity contribution in [1.29, 1.82) is 0 Å². The fourth-order valence-corrected chi connectivity index (χ4v) is 5.32. The van der Waals surface area contributed by atoms with Crippen LogP contribution < -0.4 is 19.3 Å². The number of carbonyl (C=O) groups excluding carboxylic acids is 1. The van der Waals surface area contributed by atoms with Crippen molar-refractivity contribution in [3.05, 3.63) is 118 Å². The first kappa shape index (κ1) is 27.6. The minimum Gasteiger partial charge on any atom is -0.493 e. The molecule has 1 unspecified atom stereocenters. The molecule has 1 aliphatic rings. The number of carbonyl (C=O) groups is 1. The molecule has 4 aromatic rings. The second kappa shape index (κ2) is 12.1. The van der Waals surface area contributed by atoms with E-state index in [-0.39, 0.29) is 24.5 Å². The molecule has 4 aromatic carbocycles. The number of amides is 1. The van der Waals surface area contributed by atoms with Crippen molar-refractivity contribution < 1.29 is 14.3 Å². The highest BCUT2D eigenvalue weighted by Gasteiger charge is 2.36. The molecule has 5 nitrogen and oxygen atoms in total. The first-order chi connectivity index (χ1) is 19.4. The molecule has 1 aliphatic heterocycles.